The van der Waals surface area contributed by atoms with Crippen LogP contribution in [0.25, 0.3) is 0 Å². The SMILES string of the molecule is CC(=O)C1(C(=O)C(=O)OCC(Cl)(Cl)Cl)CCCN1c1ccccc1. The van der Waals surface area contributed by atoms with E-state index < -0.39 is 33.5 Å². The van der Waals surface area contributed by atoms with Crippen molar-refractivity contribution in [3.63, 3.8) is 0 Å². The van der Waals surface area contributed by atoms with Crippen LogP contribution in [0.4, 0.5) is 5.69 Å². The Morgan fingerprint density at radius 3 is 2.38 bits per heavy atom. The van der Waals surface area contributed by atoms with Crippen LogP contribution in [0.1, 0.15) is 19.8 Å². The van der Waals surface area contributed by atoms with Gasteiger partial charge in [-0.1, -0.05) is 53.0 Å². The van der Waals surface area contributed by atoms with Gasteiger partial charge >= 0.3 is 5.97 Å². The Morgan fingerprint density at radius 1 is 1.21 bits per heavy atom. The molecule has 0 aliphatic carbocycles. The van der Waals surface area contributed by atoms with Crippen molar-refractivity contribution in [2.75, 3.05) is 18.1 Å². The van der Waals surface area contributed by atoms with Gasteiger partial charge in [0.25, 0.3) is 5.78 Å². The molecule has 130 valence electrons. The Bertz CT molecular complexity index is 644. The molecule has 24 heavy (non-hydrogen) atoms. The minimum Gasteiger partial charge on any atom is -0.455 e. The number of nitrogens with zero attached hydrogens (tertiary/aromatic N) is 1. The van der Waals surface area contributed by atoms with Crippen molar-refractivity contribution in [1.29, 1.82) is 0 Å². The van der Waals surface area contributed by atoms with Crippen molar-refractivity contribution >= 4 is 58.0 Å². The van der Waals surface area contributed by atoms with Gasteiger partial charge in [0.15, 0.2) is 11.3 Å². The summed E-state index contributed by atoms with van der Waals surface area (Å²) < 4.78 is 2.95. The number of anilines is 1. The molecule has 1 aliphatic heterocycles. The third kappa shape index (κ3) is 3.85. The first-order valence-corrected chi connectivity index (χ1v) is 8.44. The Labute approximate surface area is 154 Å². The molecule has 2 rings (SSSR count). The molecule has 1 heterocycles. The highest BCUT2D eigenvalue weighted by Crippen LogP contribution is 2.36. The number of benzene rings is 1. The third-order valence-electron chi connectivity index (χ3n) is 3.96. The van der Waals surface area contributed by atoms with Crippen molar-refractivity contribution in [2.45, 2.75) is 29.1 Å². The van der Waals surface area contributed by atoms with Crippen LogP contribution >= 0.6 is 34.8 Å². The van der Waals surface area contributed by atoms with Gasteiger partial charge in [-0.2, -0.15) is 0 Å². The molecular formula is C16H16Cl3NO4. The first-order chi connectivity index (χ1) is 11.2. The van der Waals surface area contributed by atoms with E-state index in [1.54, 1.807) is 29.2 Å². The van der Waals surface area contributed by atoms with E-state index in [1.165, 1.54) is 6.92 Å². The molecule has 0 amide bonds. The van der Waals surface area contributed by atoms with Crippen LogP contribution in [0.2, 0.25) is 0 Å². The average molecular weight is 393 g/mol. The molecule has 1 saturated heterocycles. The van der Waals surface area contributed by atoms with Crippen molar-refractivity contribution in [3.8, 4) is 0 Å². The van der Waals surface area contributed by atoms with Gasteiger partial charge in [-0.05, 0) is 31.9 Å². The molecule has 0 spiro atoms. The summed E-state index contributed by atoms with van der Waals surface area (Å²) in [7, 11) is 0. The van der Waals surface area contributed by atoms with E-state index in [1.807, 2.05) is 6.07 Å². The fourth-order valence-corrected chi connectivity index (χ4v) is 3.08. The predicted octanol–water partition coefficient (Wildman–Crippen LogP) is 3.10. The molecule has 1 fully saturated rings. The van der Waals surface area contributed by atoms with Crippen molar-refractivity contribution < 1.29 is 19.1 Å². The number of hydrogen-bond acceptors (Lipinski definition) is 5. The monoisotopic (exact) mass is 391 g/mol. The second-order valence-electron chi connectivity index (χ2n) is 5.53. The number of alkyl halides is 3. The minimum absolute atomic E-state index is 0.235. The van der Waals surface area contributed by atoms with Gasteiger partial charge < -0.3 is 9.64 Å². The highest BCUT2D eigenvalue weighted by atomic mass is 35.6. The normalized spacial score (nSPS) is 20.8. The van der Waals surface area contributed by atoms with E-state index >= 15 is 0 Å². The quantitative estimate of drug-likeness (QED) is 0.333. The lowest BCUT2D eigenvalue weighted by molar-refractivity contribution is -0.157. The standard InChI is InChI=1S/C16H16Cl3NO4/c1-11(21)15(13(22)14(23)24-10-16(17,18)19)8-5-9-20(15)12-6-3-2-4-7-12/h2-4,6-7H,5,8-10H2,1H3. The lowest BCUT2D eigenvalue weighted by Gasteiger charge is -2.35. The van der Waals surface area contributed by atoms with Gasteiger partial charge in [-0.3, -0.25) is 9.59 Å². The summed E-state index contributed by atoms with van der Waals surface area (Å²) in [6.07, 6.45) is 0.830. The maximum Gasteiger partial charge on any atom is 0.377 e. The maximum absolute atomic E-state index is 12.7. The van der Waals surface area contributed by atoms with E-state index in [9.17, 15) is 14.4 Å². The largest absolute Gasteiger partial charge is 0.455 e. The summed E-state index contributed by atoms with van der Waals surface area (Å²) in [6, 6.07) is 8.98. The number of ether oxygens (including phenoxy) is 1. The molecule has 5 nitrogen and oxygen atoms in total. The Morgan fingerprint density at radius 2 is 1.83 bits per heavy atom. The maximum atomic E-state index is 12.7. The van der Waals surface area contributed by atoms with Gasteiger partial charge in [0.1, 0.15) is 6.61 Å². The third-order valence-corrected chi connectivity index (χ3v) is 4.29. The van der Waals surface area contributed by atoms with Crippen LogP contribution in [-0.2, 0) is 19.1 Å². The average Bonchev–Trinajstić information content (AvgIpc) is 2.98. The first-order valence-electron chi connectivity index (χ1n) is 7.30. The summed E-state index contributed by atoms with van der Waals surface area (Å²) in [5, 5.41) is 0. The van der Waals surface area contributed by atoms with E-state index in [0.717, 1.165) is 0 Å². The molecular weight excluding hydrogens is 377 g/mol. The van der Waals surface area contributed by atoms with Gasteiger partial charge in [0, 0.05) is 12.2 Å². The number of ketones is 2. The van der Waals surface area contributed by atoms with Gasteiger partial charge in [-0.25, -0.2) is 4.79 Å². The Hall–Kier alpha value is -1.30. The highest BCUT2D eigenvalue weighted by molar-refractivity contribution is 6.67. The molecule has 1 atom stereocenters. The molecule has 8 heteroatoms. The van der Waals surface area contributed by atoms with Gasteiger partial charge in [-0.15, -0.1) is 0 Å². The number of carbonyl (C=O) groups is 3. The molecule has 1 aromatic rings. The van der Waals surface area contributed by atoms with Gasteiger partial charge in [0.2, 0.25) is 3.79 Å². The minimum atomic E-state index is -1.83. The Balaban J connectivity index is 2.31. The molecule has 1 unspecified atom stereocenters. The van der Waals surface area contributed by atoms with Crippen molar-refractivity contribution in [1.82, 2.24) is 0 Å². The Kier molecular flexibility index (Phi) is 5.78. The molecule has 0 radical (unpaired) electrons. The number of Topliss-reactive ketones (excluding diaryl/α,β-unsaturated/α-hetero) is 2. The zero-order chi connectivity index (χ0) is 18.0. The van der Waals surface area contributed by atoms with E-state index in [2.05, 4.69) is 0 Å². The fraction of sp³-hybridized carbons (Fsp3) is 0.438. The molecule has 1 aliphatic rings. The van der Waals surface area contributed by atoms with Crippen molar-refractivity contribution in [2.24, 2.45) is 0 Å². The fourth-order valence-electron chi connectivity index (χ4n) is 2.92. The first kappa shape index (κ1) is 19.0. The number of rotatable bonds is 5. The van der Waals surface area contributed by atoms with Gasteiger partial charge in [0.05, 0.1) is 0 Å². The molecule has 0 bridgehead atoms. The topological polar surface area (TPSA) is 63.7 Å². The zero-order valence-corrected chi connectivity index (χ0v) is 15.2. The molecule has 0 saturated carbocycles. The summed E-state index contributed by atoms with van der Waals surface area (Å²) in [5.41, 5.74) is -0.890. The van der Waals surface area contributed by atoms with E-state index in [0.29, 0.717) is 18.7 Å². The second kappa shape index (κ2) is 7.30. The number of esters is 1. The van der Waals surface area contributed by atoms with Crippen LogP contribution in [0.15, 0.2) is 30.3 Å². The van der Waals surface area contributed by atoms with Crippen LogP contribution in [0.3, 0.4) is 0 Å². The van der Waals surface area contributed by atoms with Crippen molar-refractivity contribution in [3.05, 3.63) is 30.3 Å². The zero-order valence-electron chi connectivity index (χ0n) is 12.9. The van der Waals surface area contributed by atoms with E-state index in [4.69, 9.17) is 39.5 Å². The number of hydrogen-bond donors (Lipinski definition) is 0. The summed E-state index contributed by atoms with van der Waals surface area (Å²) >= 11 is 16.6. The lowest BCUT2D eigenvalue weighted by atomic mass is 9.86. The predicted molar refractivity (Wildman–Crippen MR) is 92.7 cm³/mol. The molecule has 0 N–H and O–H groups in total. The highest BCUT2D eigenvalue weighted by Gasteiger charge is 2.54. The second-order valence-corrected chi connectivity index (χ2v) is 8.04. The van der Waals surface area contributed by atoms with Crippen LogP contribution < -0.4 is 4.90 Å². The smallest absolute Gasteiger partial charge is 0.377 e. The summed E-state index contributed by atoms with van der Waals surface area (Å²) in [6.45, 7) is 1.20. The van der Waals surface area contributed by atoms with Crippen LogP contribution in [-0.4, -0.2) is 40.0 Å². The number of halogens is 3. The number of carbonyl (C=O) groups excluding carboxylic acids is 3. The summed E-state index contributed by atoms with van der Waals surface area (Å²) in [4.78, 5) is 38.9. The lowest BCUT2D eigenvalue weighted by Crippen LogP contribution is -2.58. The molecule has 0 aromatic heterocycles. The van der Waals surface area contributed by atoms with Crippen LogP contribution in [0.5, 0.6) is 0 Å². The summed E-state index contributed by atoms with van der Waals surface area (Å²) in [5.74, 6) is -2.54. The van der Waals surface area contributed by atoms with Crippen LogP contribution in [0, 0.1) is 0 Å². The molecule has 1 aromatic carbocycles. The van der Waals surface area contributed by atoms with E-state index in [-0.39, 0.29) is 6.42 Å². The number of para-hydroxylation sites is 1.